The van der Waals surface area contributed by atoms with Crippen molar-refractivity contribution in [3.63, 3.8) is 0 Å². The Hall–Kier alpha value is -1.61. The molecular formula is C42H78O12S. The Bertz CT molecular complexity index is 1080. The van der Waals surface area contributed by atoms with Gasteiger partial charge in [0.1, 0.15) is 36.8 Å². The third-order valence-corrected chi connectivity index (χ3v) is 10.9. The Morgan fingerprint density at radius 1 is 0.600 bits per heavy atom. The number of allylic oxidation sites excluding steroid dienone is 2. The van der Waals surface area contributed by atoms with Gasteiger partial charge < -0.3 is 34.3 Å². The van der Waals surface area contributed by atoms with Crippen LogP contribution in [0.2, 0.25) is 0 Å². The molecule has 2 unspecified atom stereocenters. The first-order chi connectivity index (χ1) is 26.5. The van der Waals surface area contributed by atoms with Gasteiger partial charge in [-0.3, -0.25) is 14.1 Å². The van der Waals surface area contributed by atoms with Gasteiger partial charge in [0, 0.05) is 12.8 Å². The molecule has 0 saturated carbocycles. The van der Waals surface area contributed by atoms with Crippen LogP contribution in [0.4, 0.5) is 0 Å². The van der Waals surface area contributed by atoms with Crippen molar-refractivity contribution in [1.82, 2.24) is 0 Å². The van der Waals surface area contributed by atoms with Crippen molar-refractivity contribution in [3.05, 3.63) is 12.2 Å². The van der Waals surface area contributed by atoms with Gasteiger partial charge in [-0.05, 0) is 25.7 Å². The number of ether oxygens (including phenoxy) is 4. The Labute approximate surface area is 333 Å². The van der Waals surface area contributed by atoms with Crippen molar-refractivity contribution in [3.8, 4) is 0 Å². The molecule has 4 N–H and O–H groups in total. The molecule has 1 heterocycles. The highest BCUT2D eigenvalue weighted by Gasteiger charge is 2.46. The summed E-state index contributed by atoms with van der Waals surface area (Å²) in [4.78, 5) is 25.3. The quantitative estimate of drug-likeness (QED) is 0.0206. The summed E-state index contributed by atoms with van der Waals surface area (Å²) in [6.45, 7) is 3.72. The number of esters is 2. The van der Waals surface area contributed by atoms with Gasteiger partial charge in [0.25, 0.3) is 10.1 Å². The van der Waals surface area contributed by atoms with Gasteiger partial charge >= 0.3 is 11.9 Å². The molecule has 0 aliphatic carbocycles. The highest BCUT2D eigenvalue weighted by molar-refractivity contribution is 7.85. The van der Waals surface area contributed by atoms with E-state index in [1.165, 1.54) is 116 Å². The minimum absolute atomic E-state index is 0.0853. The second kappa shape index (κ2) is 33.4. The lowest BCUT2D eigenvalue weighted by molar-refractivity contribution is -0.297. The van der Waals surface area contributed by atoms with Crippen LogP contribution < -0.4 is 0 Å². The van der Waals surface area contributed by atoms with Crippen LogP contribution in [0, 0.1) is 0 Å². The maximum atomic E-state index is 12.7. The normalized spacial score (nSPS) is 20.9. The smallest absolute Gasteiger partial charge is 0.306 e. The maximum absolute atomic E-state index is 12.7. The fourth-order valence-corrected chi connectivity index (χ4v) is 7.39. The Kier molecular flexibility index (Phi) is 31.2. The summed E-state index contributed by atoms with van der Waals surface area (Å²) in [6, 6.07) is 0. The molecule has 0 spiro atoms. The average Bonchev–Trinajstić information content (AvgIpc) is 3.14. The number of unbranched alkanes of at least 4 members (excludes halogenated alkanes) is 22. The van der Waals surface area contributed by atoms with Crippen molar-refractivity contribution in [1.29, 1.82) is 0 Å². The van der Waals surface area contributed by atoms with E-state index in [4.69, 9.17) is 18.9 Å². The zero-order chi connectivity index (χ0) is 40.6. The van der Waals surface area contributed by atoms with Crippen LogP contribution in [0.3, 0.4) is 0 Å². The number of hydrogen-bond donors (Lipinski definition) is 4. The molecule has 0 radical (unpaired) electrons. The minimum atomic E-state index is -4.60. The highest BCUT2D eigenvalue weighted by Crippen LogP contribution is 2.24. The molecule has 1 aliphatic heterocycles. The number of carbonyl (C=O) groups is 2. The van der Waals surface area contributed by atoms with Gasteiger partial charge in [0.05, 0.1) is 6.61 Å². The molecule has 0 amide bonds. The van der Waals surface area contributed by atoms with E-state index in [2.05, 4.69) is 19.9 Å². The molecule has 1 fully saturated rings. The molecule has 55 heavy (non-hydrogen) atoms. The van der Waals surface area contributed by atoms with E-state index >= 15 is 0 Å². The molecule has 12 nitrogen and oxygen atoms in total. The molecule has 13 heteroatoms. The number of rotatable bonds is 36. The van der Waals surface area contributed by atoms with E-state index in [0.717, 1.165) is 32.1 Å². The topological polar surface area (TPSA) is 186 Å². The van der Waals surface area contributed by atoms with Crippen LogP contribution in [0.15, 0.2) is 12.2 Å². The van der Waals surface area contributed by atoms with Crippen LogP contribution in [0.25, 0.3) is 0 Å². The molecule has 1 aliphatic rings. The molecule has 1 saturated heterocycles. The summed E-state index contributed by atoms with van der Waals surface area (Å²) in [5.41, 5.74) is 0. The summed E-state index contributed by atoms with van der Waals surface area (Å²) in [6.07, 6.45) is 24.2. The van der Waals surface area contributed by atoms with Crippen molar-refractivity contribution in [2.24, 2.45) is 0 Å². The fraction of sp³-hybridized carbons (Fsp3) is 0.905. The second-order valence-corrected chi connectivity index (χ2v) is 16.9. The first-order valence-corrected chi connectivity index (χ1v) is 23.4. The lowest BCUT2D eigenvalue weighted by Gasteiger charge is -2.40. The van der Waals surface area contributed by atoms with E-state index < -0.39 is 71.2 Å². The first-order valence-electron chi connectivity index (χ1n) is 21.7. The highest BCUT2D eigenvalue weighted by atomic mass is 32.2. The van der Waals surface area contributed by atoms with E-state index in [9.17, 15) is 37.9 Å². The monoisotopic (exact) mass is 807 g/mol. The first kappa shape index (κ1) is 51.4. The average molecular weight is 807 g/mol. The van der Waals surface area contributed by atoms with Gasteiger partial charge in [-0.1, -0.05) is 161 Å². The summed E-state index contributed by atoms with van der Waals surface area (Å²) in [5, 5.41) is 30.8. The van der Waals surface area contributed by atoms with Crippen molar-refractivity contribution in [2.45, 2.75) is 224 Å². The molecule has 0 bridgehead atoms. The molecular weight excluding hydrogens is 729 g/mol. The lowest BCUT2D eigenvalue weighted by atomic mass is 10.00. The SMILES string of the molecule is CCCCCCCCCCCCC/C=C/CCC(=O)O[C@H](COC(=O)CCCCCCCCCCCCCC)CO[C@H]1O[C@H](CS(=O)(=O)O)[C@@H](O)C(O)C1O. The number of aliphatic hydroxyl groups excluding tert-OH is 3. The summed E-state index contributed by atoms with van der Waals surface area (Å²) in [5.74, 6) is -2.03. The fourth-order valence-electron chi connectivity index (χ4n) is 6.69. The molecule has 0 aromatic rings. The van der Waals surface area contributed by atoms with Crippen molar-refractivity contribution < 1.29 is 56.8 Å². The van der Waals surface area contributed by atoms with Crippen molar-refractivity contribution >= 4 is 22.1 Å². The van der Waals surface area contributed by atoms with E-state index in [-0.39, 0.29) is 19.4 Å². The maximum Gasteiger partial charge on any atom is 0.306 e. The van der Waals surface area contributed by atoms with Crippen LogP contribution in [-0.4, -0.2) is 96.0 Å². The summed E-state index contributed by atoms with van der Waals surface area (Å²) >= 11 is 0. The molecule has 0 aromatic heterocycles. The summed E-state index contributed by atoms with van der Waals surface area (Å²) < 4.78 is 53.9. The van der Waals surface area contributed by atoms with Crippen molar-refractivity contribution in [2.75, 3.05) is 19.0 Å². The molecule has 1 rings (SSSR count). The predicted molar refractivity (Wildman–Crippen MR) is 215 cm³/mol. The Morgan fingerprint density at radius 3 is 1.58 bits per heavy atom. The number of hydrogen-bond acceptors (Lipinski definition) is 11. The van der Waals surface area contributed by atoms with E-state index in [1.807, 2.05) is 6.08 Å². The number of aliphatic hydroxyl groups is 3. The molecule has 324 valence electrons. The van der Waals surface area contributed by atoms with Crippen LogP contribution in [-0.2, 0) is 38.7 Å². The number of carbonyl (C=O) groups excluding carboxylic acids is 2. The van der Waals surface area contributed by atoms with Gasteiger partial charge in [0.15, 0.2) is 12.4 Å². The molecule has 0 aromatic carbocycles. The zero-order valence-electron chi connectivity index (χ0n) is 34.3. The van der Waals surface area contributed by atoms with Gasteiger partial charge in [-0.15, -0.1) is 0 Å². The lowest BCUT2D eigenvalue weighted by Crippen LogP contribution is -2.60. The van der Waals surface area contributed by atoms with Gasteiger partial charge in [0.2, 0.25) is 0 Å². The van der Waals surface area contributed by atoms with E-state index in [1.54, 1.807) is 0 Å². The second-order valence-electron chi connectivity index (χ2n) is 15.4. The van der Waals surface area contributed by atoms with E-state index in [0.29, 0.717) is 12.8 Å². The standard InChI is InChI=1S/C42H78O12S/c1-3-5-7-9-11-13-15-17-18-19-21-23-25-27-29-31-38(44)53-35(33-52-42-41(47)40(46)39(45)36(54-42)34-55(48,49)50)32-51-37(43)30-28-26-24-22-20-16-14-12-10-8-6-4-2/h25,27,35-36,39-42,45-47H,3-24,26,28-34H2,1-2H3,(H,48,49,50)/b27-25+/t35-,36-,39-,40?,41?,42+/m1/s1. The largest absolute Gasteiger partial charge is 0.462 e. The van der Waals surface area contributed by atoms with Crippen LogP contribution in [0.5, 0.6) is 0 Å². The van der Waals surface area contributed by atoms with Crippen LogP contribution in [0.1, 0.15) is 187 Å². The minimum Gasteiger partial charge on any atom is -0.462 e. The van der Waals surface area contributed by atoms with Gasteiger partial charge in [-0.2, -0.15) is 8.42 Å². The molecule has 6 atom stereocenters. The third-order valence-electron chi connectivity index (χ3n) is 10.1. The summed E-state index contributed by atoms with van der Waals surface area (Å²) in [7, 11) is -4.60. The zero-order valence-corrected chi connectivity index (χ0v) is 35.1. The Morgan fingerprint density at radius 2 is 1.07 bits per heavy atom. The third kappa shape index (κ3) is 28.4. The Balaban J connectivity index is 2.49. The predicted octanol–water partition coefficient (Wildman–Crippen LogP) is 8.28. The van der Waals surface area contributed by atoms with Gasteiger partial charge in [-0.25, -0.2) is 0 Å². The van der Waals surface area contributed by atoms with Crippen LogP contribution >= 0.6 is 0 Å².